The molecule has 0 spiro atoms. The Kier molecular flexibility index (Phi) is 4.70. The zero-order valence-electron chi connectivity index (χ0n) is 10.5. The Hall–Kier alpha value is -0.650. The lowest BCUT2D eigenvalue weighted by Crippen LogP contribution is -2.57. The predicted molar refractivity (Wildman–Crippen MR) is 63.1 cm³/mol. The molecule has 1 rings (SSSR count). The number of esters is 1. The third-order valence-corrected chi connectivity index (χ3v) is 2.45. The van der Waals surface area contributed by atoms with Crippen molar-refractivity contribution in [1.29, 1.82) is 0 Å². The van der Waals surface area contributed by atoms with Crippen molar-refractivity contribution in [2.24, 2.45) is 5.73 Å². The van der Waals surface area contributed by atoms with Gasteiger partial charge in [-0.15, -0.1) is 0 Å². The first-order chi connectivity index (χ1) is 7.44. The Morgan fingerprint density at radius 1 is 1.56 bits per heavy atom. The molecule has 16 heavy (non-hydrogen) atoms. The average Bonchev–Trinajstić information content (AvgIpc) is 2.16. The molecule has 3 N–H and O–H groups in total. The lowest BCUT2D eigenvalue weighted by molar-refractivity contribution is -0.162. The van der Waals surface area contributed by atoms with Gasteiger partial charge >= 0.3 is 5.97 Å². The molecular weight excluding hydrogens is 206 g/mol. The number of piperazine rings is 1. The molecule has 1 saturated heterocycles. The second-order valence-electron chi connectivity index (χ2n) is 5.08. The van der Waals surface area contributed by atoms with Crippen molar-refractivity contribution >= 4 is 5.97 Å². The Balaban J connectivity index is 2.57. The van der Waals surface area contributed by atoms with E-state index in [1.165, 1.54) is 0 Å². The molecule has 0 aromatic carbocycles. The summed E-state index contributed by atoms with van der Waals surface area (Å²) in [5.74, 6) is -0.159. The van der Waals surface area contributed by atoms with Crippen molar-refractivity contribution in [1.82, 2.24) is 10.2 Å². The molecule has 5 heteroatoms. The van der Waals surface area contributed by atoms with Crippen LogP contribution in [0.2, 0.25) is 0 Å². The second kappa shape index (κ2) is 5.61. The maximum absolute atomic E-state index is 12.0. The summed E-state index contributed by atoms with van der Waals surface area (Å²) in [4.78, 5) is 14.0. The van der Waals surface area contributed by atoms with Crippen molar-refractivity contribution in [3.63, 3.8) is 0 Å². The van der Waals surface area contributed by atoms with Gasteiger partial charge in [-0.05, 0) is 20.8 Å². The number of carbonyl (C=O) groups is 1. The molecule has 94 valence electrons. The number of ether oxygens (including phenoxy) is 1. The van der Waals surface area contributed by atoms with Gasteiger partial charge in [-0.25, -0.2) is 0 Å². The number of nitrogens with one attached hydrogen (secondary N) is 1. The van der Waals surface area contributed by atoms with Gasteiger partial charge in [0.2, 0.25) is 0 Å². The highest BCUT2D eigenvalue weighted by Gasteiger charge is 2.31. The molecule has 1 atom stereocenters. The minimum atomic E-state index is -0.428. The molecule has 1 unspecified atom stereocenters. The van der Waals surface area contributed by atoms with E-state index in [2.05, 4.69) is 10.2 Å². The lowest BCUT2D eigenvalue weighted by atomic mass is 10.1. The number of carbonyl (C=O) groups excluding carboxylic acids is 1. The highest BCUT2D eigenvalue weighted by atomic mass is 16.6. The molecule has 0 aromatic rings. The Bertz CT molecular complexity index is 236. The molecule has 0 amide bonds. The third kappa shape index (κ3) is 4.08. The summed E-state index contributed by atoms with van der Waals surface area (Å²) in [5, 5.41) is 3.21. The quantitative estimate of drug-likeness (QED) is 0.642. The minimum Gasteiger partial charge on any atom is -0.459 e. The van der Waals surface area contributed by atoms with Gasteiger partial charge in [-0.3, -0.25) is 9.69 Å². The van der Waals surface area contributed by atoms with Gasteiger partial charge in [0, 0.05) is 32.7 Å². The van der Waals surface area contributed by atoms with Gasteiger partial charge in [0.1, 0.15) is 11.6 Å². The Morgan fingerprint density at radius 2 is 2.25 bits per heavy atom. The number of rotatable bonds is 3. The smallest absolute Gasteiger partial charge is 0.325 e. The fourth-order valence-corrected chi connectivity index (χ4v) is 1.78. The van der Waals surface area contributed by atoms with Crippen LogP contribution in [0.15, 0.2) is 0 Å². The van der Waals surface area contributed by atoms with Crippen LogP contribution in [0.3, 0.4) is 0 Å². The molecule has 0 bridgehead atoms. The summed E-state index contributed by atoms with van der Waals surface area (Å²) >= 11 is 0. The molecule has 1 aliphatic heterocycles. The van der Waals surface area contributed by atoms with E-state index in [1.807, 2.05) is 20.8 Å². The average molecular weight is 229 g/mol. The molecule has 0 saturated carbocycles. The van der Waals surface area contributed by atoms with Gasteiger partial charge < -0.3 is 15.8 Å². The second-order valence-corrected chi connectivity index (χ2v) is 5.08. The Labute approximate surface area is 97.3 Å². The molecule has 0 radical (unpaired) electrons. The highest BCUT2D eigenvalue weighted by molar-refractivity contribution is 5.76. The highest BCUT2D eigenvalue weighted by Crippen LogP contribution is 2.12. The molecule has 0 aromatic heterocycles. The Morgan fingerprint density at radius 3 is 2.81 bits per heavy atom. The number of hydrogen-bond acceptors (Lipinski definition) is 5. The number of nitrogens with zero attached hydrogens (tertiary/aromatic N) is 1. The van der Waals surface area contributed by atoms with Crippen LogP contribution in [0.5, 0.6) is 0 Å². The van der Waals surface area contributed by atoms with Crippen LogP contribution in [-0.4, -0.2) is 55.2 Å². The maximum Gasteiger partial charge on any atom is 0.325 e. The maximum atomic E-state index is 12.0. The first-order valence-electron chi connectivity index (χ1n) is 5.82. The van der Waals surface area contributed by atoms with Crippen molar-refractivity contribution in [2.75, 3.05) is 32.7 Å². The lowest BCUT2D eigenvalue weighted by Gasteiger charge is -2.35. The van der Waals surface area contributed by atoms with Gasteiger partial charge in [-0.2, -0.15) is 0 Å². The van der Waals surface area contributed by atoms with E-state index in [9.17, 15) is 4.79 Å². The van der Waals surface area contributed by atoms with Crippen LogP contribution < -0.4 is 11.1 Å². The van der Waals surface area contributed by atoms with E-state index in [0.29, 0.717) is 13.1 Å². The minimum absolute atomic E-state index is 0.159. The van der Waals surface area contributed by atoms with Crippen molar-refractivity contribution in [3.8, 4) is 0 Å². The zero-order valence-corrected chi connectivity index (χ0v) is 10.5. The van der Waals surface area contributed by atoms with Crippen LogP contribution in [0.1, 0.15) is 20.8 Å². The summed E-state index contributed by atoms with van der Waals surface area (Å²) in [6.45, 7) is 9.36. The van der Waals surface area contributed by atoms with Gasteiger partial charge in [0.05, 0.1) is 0 Å². The predicted octanol–water partition coefficient (Wildman–Crippen LogP) is -0.439. The monoisotopic (exact) mass is 229 g/mol. The standard InChI is InChI=1S/C11H23N3O2/c1-11(2,3)16-10(15)9-8-13-5-7-14(9)6-4-12/h9,13H,4-8,12H2,1-3H3. The van der Waals surface area contributed by atoms with E-state index in [-0.39, 0.29) is 12.0 Å². The number of hydrogen-bond donors (Lipinski definition) is 2. The molecular formula is C11H23N3O2. The van der Waals surface area contributed by atoms with E-state index >= 15 is 0 Å². The first-order valence-corrected chi connectivity index (χ1v) is 5.82. The summed E-state index contributed by atoms with van der Waals surface area (Å²) in [6.07, 6.45) is 0. The van der Waals surface area contributed by atoms with Crippen molar-refractivity contribution in [2.45, 2.75) is 32.4 Å². The molecule has 1 aliphatic rings. The summed E-state index contributed by atoms with van der Waals surface area (Å²) < 4.78 is 5.39. The van der Waals surface area contributed by atoms with Gasteiger partial charge in [0.15, 0.2) is 0 Å². The fourth-order valence-electron chi connectivity index (χ4n) is 1.78. The summed E-state index contributed by atoms with van der Waals surface area (Å²) in [7, 11) is 0. The van der Waals surface area contributed by atoms with Crippen LogP contribution in [0.25, 0.3) is 0 Å². The van der Waals surface area contributed by atoms with E-state index in [1.54, 1.807) is 0 Å². The topological polar surface area (TPSA) is 67.6 Å². The normalized spacial score (nSPS) is 23.1. The fraction of sp³-hybridized carbons (Fsp3) is 0.909. The molecule has 5 nitrogen and oxygen atoms in total. The largest absolute Gasteiger partial charge is 0.459 e. The van der Waals surface area contributed by atoms with Crippen LogP contribution >= 0.6 is 0 Å². The van der Waals surface area contributed by atoms with Gasteiger partial charge in [0.25, 0.3) is 0 Å². The van der Waals surface area contributed by atoms with Gasteiger partial charge in [-0.1, -0.05) is 0 Å². The molecule has 1 fully saturated rings. The van der Waals surface area contributed by atoms with Crippen molar-refractivity contribution in [3.05, 3.63) is 0 Å². The van der Waals surface area contributed by atoms with E-state index in [4.69, 9.17) is 10.5 Å². The number of nitrogens with two attached hydrogens (primary N) is 1. The summed E-state index contributed by atoms with van der Waals surface area (Å²) in [6, 6.07) is -0.198. The van der Waals surface area contributed by atoms with E-state index in [0.717, 1.165) is 19.6 Å². The SMILES string of the molecule is CC(C)(C)OC(=O)C1CNCCN1CCN. The zero-order chi connectivity index (χ0) is 12.2. The van der Waals surface area contributed by atoms with Crippen molar-refractivity contribution < 1.29 is 9.53 Å². The van der Waals surface area contributed by atoms with Crippen LogP contribution in [-0.2, 0) is 9.53 Å². The first kappa shape index (κ1) is 13.4. The molecule has 0 aliphatic carbocycles. The van der Waals surface area contributed by atoms with Crippen LogP contribution in [0, 0.1) is 0 Å². The van der Waals surface area contributed by atoms with Crippen LogP contribution in [0.4, 0.5) is 0 Å². The van der Waals surface area contributed by atoms with E-state index < -0.39 is 5.60 Å². The molecule has 1 heterocycles. The third-order valence-electron chi connectivity index (χ3n) is 2.45. The summed E-state index contributed by atoms with van der Waals surface area (Å²) in [5.41, 5.74) is 5.11.